The second-order valence-electron chi connectivity index (χ2n) is 8.05. The van der Waals surface area contributed by atoms with E-state index in [1.807, 2.05) is 42.8 Å². The molecule has 2 heterocycles. The molecule has 34 heavy (non-hydrogen) atoms. The van der Waals surface area contributed by atoms with Crippen LogP contribution in [0.2, 0.25) is 0 Å². The molecule has 3 aromatic rings. The number of ether oxygens (including phenoxy) is 3. The van der Waals surface area contributed by atoms with Crippen molar-refractivity contribution in [3.8, 4) is 11.5 Å². The summed E-state index contributed by atoms with van der Waals surface area (Å²) < 4.78 is 17.4. The molecule has 5 N–H and O–H groups in total. The fourth-order valence-electron chi connectivity index (χ4n) is 3.92. The second kappa shape index (κ2) is 10.7. The summed E-state index contributed by atoms with van der Waals surface area (Å²) >= 11 is 1.63. The molecular formula is C24H27NO8S. The Morgan fingerprint density at radius 1 is 1.06 bits per heavy atom. The minimum absolute atomic E-state index is 0.129. The number of hydrogen-bond acceptors (Lipinski definition) is 9. The van der Waals surface area contributed by atoms with Crippen LogP contribution in [0.15, 0.2) is 53.9 Å². The van der Waals surface area contributed by atoms with Crippen LogP contribution in [-0.2, 0) is 9.53 Å². The number of nitrogens with two attached hydrogens (primary N) is 1. The van der Waals surface area contributed by atoms with E-state index < -0.39 is 36.7 Å². The molecule has 0 bridgehead atoms. The van der Waals surface area contributed by atoms with Gasteiger partial charge in [-0.2, -0.15) is 0 Å². The molecule has 0 saturated carbocycles. The molecule has 1 aromatic heterocycles. The highest BCUT2D eigenvalue weighted by Crippen LogP contribution is 2.38. The first kappa shape index (κ1) is 24.4. The number of carboxylic acids is 1. The fourth-order valence-corrected chi connectivity index (χ4v) is 4.71. The van der Waals surface area contributed by atoms with E-state index in [1.54, 1.807) is 29.5 Å². The summed E-state index contributed by atoms with van der Waals surface area (Å²) in [7, 11) is 2.01. The van der Waals surface area contributed by atoms with Gasteiger partial charge >= 0.3 is 0 Å². The summed E-state index contributed by atoms with van der Waals surface area (Å²) in [6.45, 7) is 0.895. The molecule has 0 aliphatic carbocycles. The Hall–Kier alpha value is -2.73. The van der Waals surface area contributed by atoms with Gasteiger partial charge in [-0.1, -0.05) is 30.3 Å². The summed E-state index contributed by atoms with van der Waals surface area (Å²) in [5.74, 6) is -0.780. The molecule has 1 saturated heterocycles. The van der Waals surface area contributed by atoms with Crippen LogP contribution in [0.25, 0.3) is 10.8 Å². The third-order valence-electron chi connectivity index (χ3n) is 5.74. The van der Waals surface area contributed by atoms with Crippen molar-refractivity contribution >= 4 is 28.1 Å². The Kier molecular flexibility index (Phi) is 7.67. The number of thiophene rings is 1. The van der Waals surface area contributed by atoms with Crippen LogP contribution in [0.3, 0.4) is 0 Å². The summed E-state index contributed by atoms with van der Waals surface area (Å²) in [5, 5.41) is 47.0. The molecule has 9 nitrogen and oxygen atoms in total. The Balaban J connectivity index is 1.62. The molecule has 1 aliphatic rings. The van der Waals surface area contributed by atoms with E-state index >= 15 is 0 Å². The third-order valence-corrected chi connectivity index (χ3v) is 6.70. The van der Waals surface area contributed by atoms with Crippen LogP contribution < -0.4 is 19.9 Å². The second-order valence-corrected chi connectivity index (χ2v) is 9.03. The van der Waals surface area contributed by atoms with Crippen molar-refractivity contribution in [1.29, 1.82) is 0 Å². The third kappa shape index (κ3) is 5.02. The van der Waals surface area contributed by atoms with Crippen molar-refractivity contribution in [1.82, 2.24) is 0 Å². The van der Waals surface area contributed by atoms with Gasteiger partial charge < -0.3 is 44.7 Å². The maximum Gasteiger partial charge on any atom is 0.229 e. The molecule has 4 rings (SSSR count). The molecule has 182 valence electrons. The van der Waals surface area contributed by atoms with Gasteiger partial charge in [-0.05, 0) is 23.6 Å². The Bertz CT molecular complexity index is 1110. The topological polar surface area (TPSA) is 145 Å². The number of carbonyl (C=O) groups excluding carboxylic acids is 1. The number of aliphatic carboxylic acids is 1. The molecule has 2 aromatic carbocycles. The molecular weight excluding hydrogens is 462 g/mol. The minimum atomic E-state index is -1.85. The Morgan fingerprint density at radius 3 is 2.41 bits per heavy atom. The van der Waals surface area contributed by atoms with Crippen molar-refractivity contribution in [2.45, 2.75) is 43.2 Å². The lowest BCUT2D eigenvalue weighted by atomic mass is 9.99. The van der Waals surface area contributed by atoms with E-state index in [4.69, 9.17) is 14.2 Å². The van der Waals surface area contributed by atoms with Gasteiger partial charge in [-0.15, -0.1) is 11.3 Å². The number of quaternary nitrogens is 1. The van der Waals surface area contributed by atoms with Crippen molar-refractivity contribution in [2.75, 3.05) is 13.6 Å². The molecule has 6 atom stereocenters. The lowest BCUT2D eigenvalue weighted by molar-refractivity contribution is -0.628. The SMILES string of the molecule is C[NH2+]CC[C@H](Oc1ccc(O[C@@H]2O[C@H](C(=O)[O-])[C@@H](O)[C@H](O)[C@H]2O)c2ccccc12)c1cccs1. The number of hydrogen-bond donors (Lipinski definition) is 4. The van der Waals surface area contributed by atoms with Crippen LogP contribution in [0.5, 0.6) is 11.5 Å². The van der Waals surface area contributed by atoms with Gasteiger partial charge in [0.15, 0.2) is 0 Å². The lowest BCUT2D eigenvalue weighted by Crippen LogP contribution is -2.79. The van der Waals surface area contributed by atoms with Crippen LogP contribution in [0.4, 0.5) is 0 Å². The van der Waals surface area contributed by atoms with Gasteiger partial charge in [0.2, 0.25) is 6.29 Å². The lowest BCUT2D eigenvalue weighted by Gasteiger charge is -2.40. The molecule has 10 heteroatoms. The van der Waals surface area contributed by atoms with E-state index in [0.717, 1.165) is 23.2 Å². The summed E-state index contributed by atoms with van der Waals surface area (Å²) in [6.07, 6.45) is -7.99. The van der Waals surface area contributed by atoms with Crippen molar-refractivity contribution < 1.29 is 44.7 Å². The van der Waals surface area contributed by atoms with Gasteiger partial charge in [0.25, 0.3) is 0 Å². The average Bonchev–Trinajstić information content (AvgIpc) is 3.37. The molecule has 0 unspecified atom stereocenters. The predicted octanol–water partition coefficient (Wildman–Crippen LogP) is -0.459. The highest BCUT2D eigenvalue weighted by molar-refractivity contribution is 7.10. The summed E-state index contributed by atoms with van der Waals surface area (Å²) in [6, 6.07) is 14.7. The van der Waals surface area contributed by atoms with Gasteiger partial charge in [0.1, 0.15) is 42.0 Å². The first-order chi connectivity index (χ1) is 16.4. The van der Waals surface area contributed by atoms with E-state index in [0.29, 0.717) is 16.9 Å². The van der Waals surface area contributed by atoms with Gasteiger partial charge in [0.05, 0.1) is 19.6 Å². The van der Waals surface area contributed by atoms with E-state index in [-0.39, 0.29) is 6.10 Å². The van der Waals surface area contributed by atoms with Gasteiger partial charge in [-0.3, -0.25) is 0 Å². The summed E-state index contributed by atoms with van der Waals surface area (Å²) in [4.78, 5) is 12.4. The highest BCUT2D eigenvalue weighted by Gasteiger charge is 2.45. The summed E-state index contributed by atoms with van der Waals surface area (Å²) in [5.41, 5.74) is 0. The first-order valence-corrected chi connectivity index (χ1v) is 11.9. The van der Waals surface area contributed by atoms with Crippen molar-refractivity contribution in [3.05, 3.63) is 58.8 Å². The van der Waals surface area contributed by atoms with Crippen molar-refractivity contribution in [3.63, 3.8) is 0 Å². The maximum atomic E-state index is 11.3. The predicted molar refractivity (Wildman–Crippen MR) is 121 cm³/mol. The van der Waals surface area contributed by atoms with Crippen LogP contribution >= 0.6 is 11.3 Å². The van der Waals surface area contributed by atoms with Crippen LogP contribution in [0, 0.1) is 0 Å². The number of aliphatic hydroxyl groups excluding tert-OH is 3. The minimum Gasteiger partial charge on any atom is -0.547 e. The fraction of sp³-hybridized carbons (Fsp3) is 0.375. The molecule has 0 radical (unpaired) electrons. The zero-order valence-corrected chi connectivity index (χ0v) is 19.3. The quantitative estimate of drug-likeness (QED) is 0.316. The first-order valence-electron chi connectivity index (χ1n) is 11.0. The Morgan fingerprint density at radius 2 is 1.76 bits per heavy atom. The molecule has 0 amide bonds. The zero-order valence-electron chi connectivity index (χ0n) is 18.4. The monoisotopic (exact) mass is 489 g/mol. The number of carboxylic acid groups (broad SMARTS) is 1. The highest BCUT2D eigenvalue weighted by atomic mass is 32.1. The molecule has 0 spiro atoms. The molecule has 1 aliphatic heterocycles. The largest absolute Gasteiger partial charge is 0.547 e. The van der Waals surface area contributed by atoms with E-state index in [2.05, 4.69) is 5.32 Å². The normalized spacial score (nSPS) is 25.7. The van der Waals surface area contributed by atoms with E-state index in [9.17, 15) is 25.2 Å². The zero-order chi connectivity index (χ0) is 24.2. The van der Waals surface area contributed by atoms with Gasteiger partial charge in [-0.25, -0.2) is 0 Å². The van der Waals surface area contributed by atoms with Gasteiger partial charge in [0, 0.05) is 22.1 Å². The molecule has 1 fully saturated rings. The number of benzene rings is 2. The van der Waals surface area contributed by atoms with Crippen LogP contribution in [0.1, 0.15) is 17.4 Å². The number of aliphatic hydroxyl groups is 3. The standard InChI is InChI=1S/C24H27NO8S/c1-25-11-10-17(18-7-4-12-34-18)31-15-8-9-16(14-6-3-2-5-13(14)15)32-24-21(28)19(26)20(27)22(33-24)23(29)30/h2-9,12,17,19-22,24-28H,10-11H2,1H3,(H,29,30)/t17-,19-,20-,21+,22-,24+/m0/s1. The van der Waals surface area contributed by atoms with Crippen molar-refractivity contribution in [2.24, 2.45) is 0 Å². The van der Waals surface area contributed by atoms with E-state index in [1.165, 1.54) is 0 Å². The number of rotatable bonds is 9. The maximum absolute atomic E-state index is 11.3. The smallest absolute Gasteiger partial charge is 0.229 e. The number of fused-ring (bicyclic) bond motifs is 1. The average molecular weight is 490 g/mol. The Labute approximate surface area is 200 Å². The van der Waals surface area contributed by atoms with Crippen LogP contribution in [-0.4, -0.2) is 65.6 Å². The number of carbonyl (C=O) groups is 1.